The number of amides is 2. The minimum atomic E-state index is -4.16. The van der Waals surface area contributed by atoms with E-state index in [1.807, 2.05) is 6.07 Å². The number of carbonyl (C=O) groups excluding carboxylic acids is 2. The molecular formula is C21H20N4O5S. The van der Waals surface area contributed by atoms with E-state index in [0.717, 1.165) is 0 Å². The number of nitrogens with one attached hydrogen (secondary N) is 1. The molecule has 4 rings (SSSR count). The van der Waals surface area contributed by atoms with Crippen LogP contribution in [0.4, 0.5) is 5.69 Å². The molecule has 1 aromatic heterocycles. The van der Waals surface area contributed by atoms with Crippen LogP contribution in [0.2, 0.25) is 0 Å². The van der Waals surface area contributed by atoms with Gasteiger partial charge in [0, 0.05) is 7.05 Å². The summed E-state index contributed by atoms with van der Waals surface area (Å²) in [5.74, 6) is -1.56. The lowest BCUT2D eigenvalue weighted by atomic mass is 10.2. The standard InChI is InChI=1S/C21H20N4O5S/c1-13-18(21(28)24(23(13)3)15-9-5-4-6-10-15)22-19(26)14(2)25-20(27)16-11-7-8-12-17(16)31(25,29)30/h4-12,14H,1-3H3,(H,22,26)/t14-/m1/s1. The fourth-order valence-corrected chi connectivity index (χ4v) is 5.36. The van der Waals surface area contributed by atoms with Gasteiger partial charge in [0.2, 0.25) is 5.91 Å². The first kappa shape index (κ1) is 20.6. The molecule has 2 amide bonds. The van der Waals surface area contributed by atoms with Gasteiger partial charge in [0.1, 0.15) is 16.6 Å². The zero-order chi connectivity index (χ0) is 22.5. The van der Waals surface area contributed by atoms with Crippen LogP contribution in [0.1, 0.15) is 23.0 Å². The maximum absolute atomic E-state index is 13.0. The minimum Gasteiger partial charge on any atom is -0.318 e. The molecule has 1 aliphatic heterocycles. The zero-order valence-corrected chi connectivity index (χ0v) is 17.9. The van der Waals surface area contributed by atoms with Crippen LogP contribution < -0.4 is 10.9 Å². The van der Waals surface area contributed by atoms with Crippen LogP contribution in [-0.4, -0.2) is 39.9 Å². The Balaban J connectivity index is 1.67. The number of para-hydroxylation sites is 1. The fraction of sp³-hybridized carbons (Fsp3) is 0.190. The normalized spacial score (nSPS) is 15.6. The molecular weight excluding hydrogens is 420 g/mol. The summed E-state index contributed by atoms with van der Waals surface area (Å²) in [4.78, 5) is 38.5. The Morgan fingerprint density at radius 2 is 1.61 bits per heavy atom. The first-order valence-corrected chi connectivity index (χ1v) is 10.9. The first-order valence-electron chi connectivity index (χ1n) is 9.49. The third-order valence-corrected chi connectivity index (χ3v) is 7.30. The van der Waals surface area contributed by atoms with Gasteiger partial charge in [-0.1, -0.05) is 30.3 Å². The average Bonchev–Trinajstić information content (AvgIpc) is 3.09. The van der Waals surface area contributed by atoms with Gasteiger partial charge in [0.05, 0.1) is 16.9 Å². The van der Waals surface area contributed by atoms with Crippen molar-refractivity contribution in [3.63, 3.8) is 0 Å². The van der Waals surface area contributed by atoms with Crippen LogP contribution in [-0.2, 0) is 21.9 Å². The lowest BCUT2D eigenvalue weighted by Gasteiger charge is -2.22. The first-order chi connectivity index (χ1) is 14.7. The molecule has 2 aromatic carbocycles. The van der Waals surface area contributed by atoms with Gasteiger partial charge in [0.25, 0.3) is 21.5 Å². The fourth-order valence-electron chi connectivity index (χ4n) is 3.63. The molecule has 1 atom stereocenters. The average molecular weight is 440 g/mol. The van der Waals surface area contributed by atoms with Crippen molar-refractivity contribution < 1.29 is 18.0 Å². The van der Waals surface area contributed by atoms with Gasteiger partial charge in [-0.25, -0.2) is 17.4 Å². The number of aromatic nitrogens is 2. The zero-order valence-electron chi connectivity index (χ0n) is 17.1. The monoisotopic (exact) mass is 440 g/mol. The summed E-state index contributed by atoms with van der Waals surface area (Å²) in [6.07, 6.45) is 0. The number of rotatable bonds is 4. The van der Waals surface area contributed by atoms with E-state index in [0.29, 0.717) is 15.7 Å². The lowest BCUT2D eigenvalue weighted by molar-refractivity contribution is -0.118. The van der Waals surface area contributed by atoms with Crippen molar-refractivity contribution in [1.29, 1.82) is 0 Å². The summed E-state index contributed by atoms with van der Waals surface area (Å²) in [6.45, 7) is 2.97. The molecule has 0 fully saturated rings. The van der Waals surface area contributed by atoms with Gasteiger partial charge in [-0.2, -0.15) is 0 Å². The van der Waals surface area contributed by atoms with E-state index in [9.17, 15) is 22.8 Å². The maximum atomic E-state index is 13.0. The van der Waals surface area contributed by atoms with Crippen molar-refractivity contribution in [3.8, 4) is 5.69 Å². The van der Waals surface area contributed by atoms with E-state index in [1.54, 1.807) is 49.0 Å². The van der Waals surface area contributed by atoms with Crippen LogP contribution in [0.5, 0.6) is 0 Å². The molecule has 9 nitrogen and oxygen atoms in total. The second kappa shape index (κ2) is 7.24. The maximum Gasteiger partial charge on any atom is 0.295 e. The highest BCUT2D eigenvalue weighted by Gasteiger charge is 2.45. The number of benzene rings is 2. The molecule has 0 unspecified atom stereocenters. The number of anilines is 1. The van der Waals surface area contributed by atoms with Gasteiger partial charge in [0.15, 0.2) is 0 Å². The number of carbonyl (C=O) groups is 2. The quantitative estimate of drug-likeness (QED) is 0.663. The third-order valence-electron chi connectivity index (χ3n) is 5.39. The van der Waals surface area contributed by atoms with Crippen molar-refractivity contribution in [2.24, 2.45) is 7.05 Å². The van der Waals surface area contributed by atoms with Gasteiger partial charge in [-0.15, -0.1) is 0 Å². The summed E-state index contributed by atoms with van der Waals surface area (Å²) in [7, 11) is -2.49. The smallest absolute Gasteiger partial charge is 0.295 e. The SMILES string of the molecule is Cc1c(NC(=O)[C@@H](C)N2C(=O)c3ccccc3S2(=O)=O)c(=O)n(-c2ccccc2)n1C. The second-order valence-electron chi connectivity index (χ2n) is 7.20. The van der Waals surface area contributed by atoms with Crippen LogP contribution in [0.3, 0.4) is 0 Å². The Bertz CT molecular complexity index is 1370. The van der Waals surface area contributed by atoms with Crippen molar-refractivity contribution >= 4 is 27.5 Å². The molecule has 2 heterocycles. The molecule has 3 aromatic rings. The van der Waals surface area contributed by atoms with E-state index in [1.165, 1.54) is 29.8 Å². The van der Waals surface area contributed by atoms with Crippen LogP contribution in [0.25, 0.3) is 5.69 Å². The van der Waals surface area contributed by atoms with Crippen molar-refractivity contribution in [2.75, 3.05) is 5.32 Å². The summed E-state index contributed by atoms with van der Waals surface area (Å²) in [5.41, 5.74) is 0.660. The van der Waals surface area contributed by atoms with Crippen molar-refractivity contribution in [3.05, 3.63) is 76.2 Å². The summed E-state index contributed by atoms with van der Waals surface area (Å²) in [5, 5.41) is 2.52. The molecule has 31 heavy (non-hydrogen) atoms. The van der Waals surface area contributed by atoms with E-state index in [-0.39, 0.29) is 16.1 Å². The molecule has 10 heteroatoms. The highest BCUT2D eigenvalue weighted by molar-refractivity contribution is 7.90. The molecule has 1 aliphatic rings. The Kier molecular flexibility index (Phi) is 4.81. The molecule has 0 aliphatic carbocycles. The van der Waals surface area contributed by atoms with E-state index < -0.39 is 33.4 Å². The van der Waals surface area contributed by atoms with Gasteiger partial charge in [-0.3, -0.25) is 19.1 Å². The Morgan fingerprint density at radius 1 is 1.00 bits per heavy atom. The summed E-state index contributed by atoms with van der Waals surface area (Å²) in [6, 6.07) is 13.3. The largest absolute Gasteiger partial charge is 0.318 e. The molecule has 0 saturated carbocycles. The summed E-state index contributed by atoms with van der Waals surface area (Å²) >= 11 is 0. The summed E-state index contributed by atoms with van der Waals surface area (Å²) < 4.78 is 29.2. The Morgan fingerprint density at radius 3 is 2.26 bits per heavy atom. The van der Waals surface area contributed by atoms with E-state index in [4.69, 9.17) is 0 Å². The predicted octanol–water partition coefficient (Wildman–Crippen LogP) is 1.66. The second-order valence-corrected chi connectivity index (χ2v) is 8.99. The molecule has 0 bridgehead atoms. The van der Waals surface area contributed by atoms with Crippen molar-refractivity contribution in [2.45, 2.75) is 24.8 Å². The van der Waals surface area contributed by atoms with Crippen LogP contribution in [0.15, 0.2) is 64.3 Å². The van der Waals surface area contributed by atoms with Crippen LogP contribution in [0, 0.1) is 6.92 Å². The number of hydrogen-bond acceptors (Lipinski definition) is 5. The highest BCUT2D eigenvalue weighted by Crippen LogP contribution is 2.32. The number of sulfonamides is 1. The lowest BCUT2D eigenvalue weighted by Crippen LogP contribution is -2.45. The Hall–Kier alpha value is -3.66. The van der Waals surface area contributed by atoms with Gasteiger partial charge in [-0.05, 0) is 38.1 Å². The third kappa shape index (κ3) is 3.07. The number of nitrogens with zero attached hydrogens (tertiary/aromatic N) is 3. The van der Waals surface area contributed by atoms with Crippen molar-refractivity contribution in [1.82, 2.24) is 13.7 Å². The molecule has 0 radical (unpaired) electrons. The molecule has 0 spiro atoms. The predicted molar refractivity (Wildman–Crippen MR) is 114 cm³/mol. The topological polar surface area (TPSA) is 110 Å². The molecule has 1 N–H and O–H groups in total. The van der Waals surface area contributed by atoms with E-state index in [2.05, 4.69) is 5.32 Å². The van der Waals surface area contributed by atoms with Crippen LogP contribution >= 0.6 is 0 Å². The van der Waals surface area contributed by atoms with Gasteiger partial charge >= 0.3 is 0 Å². The number of fused-ring (bicyclic) bond motifs is 1. The minimum absolute atomic E-state index is 0.0180. The highest BCUT2D eigenvalue weighted by atomic mass is 32.2. The molecule has 160 valence electrons. The Labute approximate surface area is 178 Å². The molecule has 0 saturated heterocycles. The van der Waals surface area contributed by atoms with Gasteiger partial charge < -0.3 is 5.32 Å². The van der Waals surface area contributed by atoms with E-state index >= 15 is 0 Å². The number of hydrogen-bond donors (Lipinski definition) is 1.